The minimum absolute atomic E-state index is 0.0520. The average Bonchev–Trinajstić information content (AvgIpc) is 3.79. The number of hydrogen-bond donors (Lipinski definition) is 3. The van der Waals surface area contributed by atoms with E-state index in [9.17, 15) is 14.4 Å². The monoisotopic (exact) mass is 590 g/mol. The smallest absolute Gasteiger partial charge is 0.323 e. The third-order valence-electron chi connectivity index (χ3n) is 6.64. The number of halogens is 2. The Morgan fingerprint density at radius 1 is 0.951 bits per heavy atom. The number of nitrogens with zero attached hydrogens (tertiary/aromatic N) is 3. The molecule has 3 amide bonds. The third-order valence-corrected chi connectivity index (χ3v) is 7.22. The molecular weight excluding hydrogens is 563 g/mol. The SMILES string of the molecule is CCn1nc(-c2cccc(-c3ccc(CCC(=O)NC4CC4)cc3)c2)cc(NC(=O)Nc2c(Cl)cncc2Cl)c1=O. The van der Waals surface area contributed by atoms with Crippen LogP contribution in [0.15, 0.2) is 71.8 Å². The fourth-order valence-electron chi connectivity index (χ4n) is 4.29. The molecule has 0 spiro atoms. The van der Waals surface area contributed by atoms with E-state index in [4.69, 9.17) is 23.2 Å². The van der Waals surface area contributed by atoms with Crippen LogP contribution in [0, 0.1) is 0 Å². The molecule has 1 fully saturated rings. The summed E-state index contributed by atoms with van der Waals surface area (Å²) in [6.07, 6.45) is 6.03. The Balaban J connectivity index is 1.34. The molecule has 0 atom stereocenters. The molecule has 1 saturated carbocycles. The first-order chi connectivity index (χ1) is 19.8. The Labute approximate surface area is 246 Å². The summed E-state index contributed by atoms with van der Waals surface area (Å²) in [5, 5.41) is 13.0. The van der Waals surface area contributed by atoms with E-state index >= 15 is 0 Å². The lowest BCUT2D eigenvalue weighted by Crippen LogP contribution is -2.29. The van der Waals surface area contributed by atoms with Crippen molar-refractivity contribution < 1.29 is 9.59 Å². The minimum Gasteiger partial charge on any atom is -0.353 e. The lowest BCUT2D eigenvalue weighted by Gasteiger charge is -2.13. The zero-order valence-corrected chi connectivity index (χ0v) is 23.8. The van der Waals surface area contributed by atoms with E-state index < -0.39 is 11.6 Å². The van der Waals surface area contributed by atoms with Gasteiger partial charge in [-0.25, -0.2) is 9.48 Å². The van der Waals surface area contributed by atoms with Gasteiger partial charge in [-0.2, -0.15) is 5.10 Å². The molecule has 210 valence electrons. The zero-order valence-electron chi connectivity index (χ0n) is 22.3. The van der Waals surface area contributed by atoms with Gasteiger partial charge in [0.25, 0.3) is 5.56 Å². The van der Waals surface area contributed by atoms with Gasteiger partial charge in [-0.1, -0.05) is 65.7 Å². The molecule has 1 aliphatic rings. The van der Waals surface area contributed by atoms with Crippen LogP contribution in [-0.4, -0.2) is 32.7 Å². The standard InChI is InChI=1S/C30H28Cl2N6O3/c1-2-38-29(40)26(35-30(41)36-28-23(31)16-33-17-24(28)32)15-25(37-38)21-5-3-4-20(14-21)19-9-6-18(7-10-19)8-13-27(39)34-22-11-12-22/h3-7,9-10,14-17,22H,2,8,11-13H2,1H3,(H,34,39)(H2,33,35,36,41). The van der Waals surface area contributed by atoms with Crippen LogP contribution >= 0.6 is 23.2 Å². The summed E-state index contributed by atoms with van der Waals surface area (Å²) >= 11 is 12.2. The van der Waals surface area contributed by atoms with Crippen molar-refractivity contribution in [2.45, 2.75) is 45.2 Å². The van der Waals surface area contributed by atoms with Crippen molar-refractivity contribution >= 4 is 46.5 Å². The molecule has 3 N–H and O–H groups in total. The van der Waals surface area contributed by atoms with Gasteiger partial charge < -0.3 is 16.0 Å². The second kappa shape index (κ2) is 12.5. The van der Waals surface area contributed by atoms with Crippen molar-refractivity contribution in [3.8, 4) is 22.4 Å². The Hall–Kier alpha value is -4.21. The molecule has 2 aromatic heterocycles. The number of benzene rings is 2. The number of nitrogens with one attached hydrogen (secondary N) is 3. The summed E-state index contributed by atoms with van der Waals surface area (Å²) in [7, 11) is 0. The topological polar surface area (TPSA) is 118 Å². The van der Waals surface area contributed by atoms with Crippen molar-refractivity contribution in [3.05, 3.63) is 93.0 Å². The number of urea groups is 1. The van der Waals surface area contributed by atoms with Crippen molar-refractivity contribution in [3.63, 3.8) is 0 Å². The molecular formula is C30H28Cl2N6O3. The molecule has 2 heterocycles. The highest BCUT2D eigenvalue weighted by atomic mass is 35.5. The number of amides is 3. The first-order valence-corrected chi connectivity index (χ1v) is 14.0. The van der Waals surface area contributed by atoms with Gasteiger partial charge in [-0.05, 0) is 55.0 Å². The molecule has 4 aromatic rings. The zero-order chi connectivity index (χ0) is 28.9. The van der Waals surface area contributed by atoms with Crippen LogP contribution in [0.3, 0.4) is 0 Å². The van der Waals surface area contributed by atoms with Crippen molar-refractivity contribution in [2.75, 3.05) is 10.6 Å². The third kappa shape index (κ3) is 7.11. The van der Waals surface area contributed by atoms with Crippen LogP contribution in [-0.2, 0) is 17.8 Å². The van der Waals surface area contributed by atoms with Gasteiger partial charge in [0, 0.05) is 37.0 Å². The lowest BCUT2D eigenvalue weighted by atomic mass is 9.99. The van der Waals surface area contributed by atoms with Crippen LogP contribution in [0.1, 0.15) is 31.7 Å². The van der Waals surface area contributed by atoms with Gasteiger partial charge >= 0.3 is 6.03 Å². The largest absolute Gasteiger partial charge is 0.353 e. The van der Waals surface area contributed by atoms with Gasteiger partial charge in [0.05, 0.1) is 21.4 Å². The number of hydrogen-bond acceptors (Lipinski definition) is 5. The molecule has 5 rings (SSSR count). The number of rotatable bonds is 9. The Morgan fingerprint density at radius 3 is 2.34 bits per heavy atom. The van der Waals surface area contributed by atoms with Crippen molar-refractivity contribution in [1.82, 2.24) is 20.1 Å². The van der Waals surface area contributed by atoms with Crippen LogP contribution < -0.4 is 21.5 Å². The molecule has 41 heavy (non-hydrogen) atoms. The van der Waals surface area contributed by atoms with Gasteiger partial charge in [-0.15, -0.1) is 0 Å². The maximum absolute atomic E-state index is 12.9. The quantitative estimate of drug-likeness (QED) is 0.216. The molecule has 11 heteroatoms. The van der Waals surface area contributed by atoms with E-state index in [1.54, 1.807) is 13.0 Å². The number of carbonyl (C=O) groups is 2. The molecule has 0 bridgehead atoms. The van der Waals surface area contributed by atoms with Gasteiger partial charge in [0.2, 0.25) is 5.91 Å². The number of carbonyl (C=O) groups excluding carboxylic acids is 2. The first-order valence-electron chi connectivity index (χ1n) is 13.3. The van der Waals surface area contributed by atoms with Crippen LogP contribution in [0.2, 0.25) is 10.0 Å². The molecule has 0 unspecified atom stereocenters. The highest BCUT2D eigenvalue weighted by molar-refractivity contribution is 6.39. The summed E-state index contributed by atoms with van der Waals surface area (Å²) in [6.45, 7) is 2.11. The molecule has 0 saturated heterocycles. The predicted molar refractivity (Wildman–Crippen MR) is 161 cm³/mol. The molecule has 2 aromatic carbocycles. The Morgan fingerprint density at radius 2 is 1.66 bits per heavy atom. The van der Waals surface area contributed by atoms with Gasteiger partial charge in [0.15, 0.2) is 0 Å². The van der Waals surface area contributed by atoms with Crippen LogP contribution in [0.4, 0.5) is 16.2 Å². The number of aryl methyl sites for hydroxylation is 2. The highest BCUT2D eigenvalue weighted by Crippen LogP contribution is 2.29. The number of pyridine rings is 1. The normalized spacial score (nSPS) is 12.6. The predicted octanol–water partition coefficient (Wildman–Crippen LogP) is 6.15. The fourth-order valence-corrected chi connectivity index (χ4v) is 4.75. The summed E-state index contributed by atoms with van der Waals surface area (Å²) in [5.41, 5.74) is 4.14. The second-order valence-corrected chi connectivity index (χ2v) is 10.6. The van der Waals surface area contributed by atoms with Crippen LogP contribution in [0.5, 0.6) is 0 Å². The van der Waals surface area contributed by atoms with Crippen LogP contribution in [0.25, 0.3) is 22.4 Å². The average molecular weight is 591 g/mol. The van der Waals surface area contributed by atoms with Gasteiger partial charge in [-0.3, -0.25) is 14.6 Å². The maximum atomic E-state index is 12.9. The lowest BCUT2D eigenvalue weighted by molar-refractivity contribution is -0.121. The Bertz CT molecular complexity index is 1630. The van der Waals surface area contributed by atoms with E-state index in [-0.39, 0.29) is 27.3 Å². The van der Waals surface area contributed by atoms with E-state index in [0.717, 1.165) is 35.1 Å². The van der Waals surface area contributed by atoms with Crippen molar-refractivity contribution in [1.29, 1.82) is 0 Å². The second-order valence-electron chi connectivity index (χ2n) is 9.74. The van der Waals surface area contributed by atoms with E-state index in [1.807, 2.05) is 48.5 Å². The minimum atomic E-state index is -0.684. The van der Waals surface area contributed by atoms with Crippen molar-refractivity contribution in [2.24, 2.45) is 0 Å². The highest BCUT2D eigenvalue weighted by Gasteiger charge is 2.22. The Kier molecular flexibility index (Phi) is 8.66. The van der Waals surface area contributed by atoms with E-state index in [2.05, 4.69) is 26.0 Å². The number of aromatic nitrogens is 3. The summed E-state index contributed by atoms with van der Waals surface area (Å²) in [6, 6.07) is 17.1. The summed E-state index contributed by atoms with van der Waals surface area (Å²) in [5.74, 6) is 0.0986. The summed E-state index contributed by atoms with van der Waals surface area (Å²) in [4.78, 5) is 41.6. The van der Waals surface area contributed by atoms with E-state index in [0.29, 0.717) is 31.1 Å². The van der Waals surface area contributed by atoms with Gasteiger partial charge in [0.1, 0.15) is 5.69 Å². The van der Waals surface area contributed by atoms with E-state index in [1.165, 1.54) is 17.1 Å². The fraction of sp³-hybridized carbons (Fsp3) is 0.233. The molecule has 0 aliphatic heterocycles. The summed E-state index contributed by atoms with van der Waals surface area (Å²) < 4.78 is 1.29. The molecule has 9 nitrogen and oxygen atoms in total. The number of anilines is 2. The maximum Gasteiger partial charge on any atom is 0.323 e. The molecule has 1 aliphatic carbocycles. The molecule has 0 radical (unpaired) electrons. The first kappa shape index (κ1) is 28.3.